The molecule has 1 atom stereocenters. The van der Waals surface area contributed by atoms with Crippen molar-refractivity contribution in [3.63, 3.8) is 0 Å². The third kappa shape index (κ3) is 10.1. The molecule has 13 heavy (non-hydrogen) atoms. The molecule has 0 aliphatic heterocycles. The summed E-state index contributed by atoms with van der Waals surface area (Å²) < 4.78 is 20.9. The lowest BCUT2D eigenvalue weighted by Crippen LogP contribution is -1.93. The van der Waals surface area contributed by atoms with Crippen molar-refractivity contribution in [2.24, 2.45) is 5.92 Å². The van der Waals surface area contributed by atoms with Gasteiger partial charge in [0, 0.05) is 0 Å². The maximum Gasteiger partial charge on any atom is 0.319 e. The van der Waals surface area contributed by atoms with Gasteiger partial charge in [-0.25, -0.2) is 0 Å². The number of rotatable bonds is 8. The predicted octanol–water partition coefficient (Wildman–Crippen LogP) is 3.26. The van der Waals surface area contributed by atoms with E-state index in [1.54, 1.807) is 0 Å². The highest BCUT2D eigenvalue weighted by Gasteiger charge is 1.99. The topological polar surface area (TPSA) is 35.5 Å². The maximum absolute atomic E-state index is 11.0. The molecule has 0 spiro atoms. The van der Waals surface area contributed by atoms with E-state index in [1.165, 1.54) is 0 Å². The van der Waals surface area contributed by atoms with Gasteiger partial charge in [0.15, 0.2) is 0 Å². The molecule has 0 N–H and O–H groups in total. The molecule has 0 bridgehead atoms. The van der Waals surface area contributed by atoms with E-state index in [-0.39, 0.29) is 0 Å². The molecule has 0 radical (unpaired) electrons. The van der Waals surface area contributed by atoms with Crippen molar-refractivity contribution in [2.75, 3.05) is 13.2 Å². The van der Waals surface area contributed by atoms with Gasteiger partial charge in [-0.05, 0) is 25.2 Å². The van der Waals surface area contributed by atoms with Gasteiger partial charge in [0.2, 0.25) is 0 Å². The minimum Gasteiger partial charge on any atom is -0.311 e. The van der Waals surface area contributed by atoms with Crippen LogP contribution in [-0.2, 0) is 13.6 Å². The van der Waals surface area contributed by atoms with Crippen LogP contribution in [0.2, 0.25) is 0 Å². The van der Waals surface area contributed by atoms with Gasteiger partial charge in [-0.1, -0.05) is 20.8 Å². The quantitative estimate of drug-likeness (QED) is 0.453. The smallest absolute Gasteiger partial charge is 0.311 e. The Labute approximate surface area is 81.8 Å². The van der Waals surface area contributed by atoms with Crippen LogP contribution >= 0.6 is 8.25 Å². The molecule has 0 heterocycles. The van der Waals surface area contributed by atoms with Crippen molar-refractivity contribution >= 4 is 8.25 Å². The zero-order valence-electron chi connectivity index (χ0n) is 8.84. The lowest BCUT2D eigenvalue weighted by molar-refractivity contribution is 0.220. The first-order valence-electron chi connectivity index (χ1n) is 4.96. The Morgan fingerprint density at radius 1 is 1.23 bits per heavy atom. The molecule has 0 aromatic carbocycles. The van der Waals surface area contributed by atoms with Crippen LogP contribution in [0.1, 0.15) is 40.0 Å². The SMILES string of the molecule is CCCO[PH](=O)OCCCC(C)C. The molecule has 0 aliphatic rings. The highest BCUT2D eigenvalue weighted by molar-refractivity contribution is 7.33. The second-order valence-corrected chi connectivity index (χ2v) is 4.56. The average molecular weight is 208 g/mol. The fourth-order valence-corrected chi connectivity index (χ4v) is 1.64. The van der Waals surface area contributed by atoms with E-state index in [0.29, 0.717) is 19.1 Å². The highest BCUT2D eigenvalue weighted by Crippen LogP contribution is 2.24. The van der Waals surface area contributed by atoms with Crippen LogP contribution in [0.4, 0.5) is 0 Å². The predicted molar refractivity (Wildman–Crippen MR) is 55.3 cm³/mol. The summed E-state index contributed by atoms with van der Waals surface area (Å²) in [6.45, 7) is 7.39. The molecule has 4 heteroatoms. The summed E-state index contributed by atoms with van der Waals surface area (Å²) >= 11 is 0. The van der Waals surface area contributed by atoms with Crippen molar-refractivity contribution in [1.29, 1.82) is 0 Å². The van der Waals surface area contributed by atoms with E-state index < -0.39 is 8.25 Å². The van der Waals surface area contributed by atoms with E-state index in [0.717, 1.165) is 19.3 Å². The summed E-state index contributed by atoms with van der Waals surface area (Å²) in [4.78, 5) is 0. The minimum atomic E-state index is -2.20. The lowest BCUT2D eigenvalue weighted by atomic mass is 10.1. The van der Waals surface area contributed by atoms with Crippen molar-refractivity contribution in [1.82, 2.24) is 0 Å². The molecule has 3 nitrogen and oxygen atoms in total. The van der Waals surface area contributed by atoms with E-state index in [1.807, 2.05) is 6.92 Å². The normalized spacial score (nSPS) is 13.5. The van der Waals surface area contributed by atoms with E-state index in [4.69, 9.17) is 9.05 Å². The third-order valence-electron chi connectivity index (χ3n) is 1.57. The van der Waals surface area contributed by atoms with Crippen molar-refractivity contribution in [3.8, 4) is 0 Å². The summed E-state index contributed by atoms with van der Waals surface area (Å²) in [5.41, 5.74) is 0. The first-order valence-corrected chi connectivity index (χ1v) is 6.18. The average Bonchev–Trinajstić information content (AvgIpc) is 2.08. The van der Waals surface area contributed by atoms with Crippen LogP contribution in [0.5, 0.6) is 0 Å². The van der Waals surface area contributed by atoms with Crippen molar-refractivity contribution < 1.29 is 13.6 Å². The minimum absolute atomic E-state index is 0.530. The Balaban J connectivity index is 3.17. The monoisotopic (exact) mass is 208 g/mol. The maximum atomic E-state index is 11.0. The molecular formula is C9H21O3P. The first-order chi connectivity index (χ1) is 6.16. The second-order valence-electron chi connectivity index (χ2n) is 3.48. The molecule has 80 valence electrons. The summed E-state index contributed by atoms with van der Waals surface area (Å²) in [6, 6.07) is 0. The number of hydrogen-bond acceptors (Lipinski definition) is 3. The van der Waals surface area contributed by atoms with Crippen LogP contribution in [0.15, 0.2) is 0 Å². The molecule has 1 unspecified atom stereocenters. The number of hydrogen-bond donors (Lipinski definition) is 0. The van der Waals surface area contributed by atoms with Crippen LogP contribution in [0.3, 0.4) is 0 Å². The largest absolute Gasteiger partial charge is 0.319 e. The third-order valence-corrected chi connectivity index (χ3v) is 2.45. The fraction of sp³-hybridized carbons (Fsp3) is 1.00. The Morgan fingerprint density at radius 2 is 1.85 bits per heavy atom. The Kier molecular flexibility index (Phi) is 8.84. The van der Waals surface area contributed by atoms with Gasteiger partial charge < -0.3 is 9.05 Å². The second kappa shape index (κ2) is 8.74. The Bertz CT molecular complexity index is 137. The van der Waals surface area contributed by atoms with Gasteiger partial charge in [0.1, 0.15) is 0 Å². The van der Waals surface area contributed by atoms with Crippen molar-refractivity contribution in [3.05, 3.63) is 0 Å². The molecular weight excluding hydrogens is 187 g/mol. The Hall–Kier alpha value is 0.150. The van der Waals surface area contributed by atoms with Gasteiger partial charge in [-0.2, -0.15) is 0 Å². The van der Waals surface area contributed by atoms with Crippen molar-refractivity contribution in [2.45, 2.75) is 40.0 Å². The molecule has 0 aromatic heterocycles. The summed E-state index contributed by atoms with van der Waals surface area (Å²) in [5, 5.41) is 0. The zero-order chi connectivity index (χ0) is 10.1. The summed E-state index contributed by atoms with van der Waals surface area (Å²) in [7, 11) is -2.20. The first kappa shape index (κ1) is 13.2. The molecule has 0 saturated heterocycles. The highest BCUT2D eigenvalue weighted by atomic mass is 31.1. The van der Waals surface area contributed by atoms with Crippen LogP contribution in [0.25, 0.3) is 0 Å². The van der Waals surface area contributed by atoms with Gasteiger partial charge in [0.25, 0.3) is 0 Å². The van der Waals surface area contributed by atoms with E-state index >= 15 is 0 Å². The fourth-order valence-electron chi connectivity index (χ4n) is 0.874. The van der Waals surface area contributed by atoms with Gasteiger partial charge >= 0.3 is 8.25 Å². The van der Waals surface area contributed by atoms with Gasteiger partial charge in [0.05, 0.1) is 13.2 Å². The molecule has 0 fully saturated rings. The Morgan fingerprint density at radius 3 is 2.38 bits per heavy atom. The molecule has 0 rings (SSSR count). The van der Waals surface area contributed by atoms with E-state index in [2.05, 4.69) is 13.8 Å². The zero-order valence-corrected chi connectivity index (χ0v) is 9.84. The van der Waals surface area contributed by atoms with E-state index in [9.17, 15) is 4.57 Å². The van der Waals surface area contributed by atoms with Gasteiger partial charge in [-0.3, -0.25) is 4.57 Å². The lowest BCUT2D eigenvalue weighted by Gasteiger charge is -2.05. The van der Waals surface area contributed by atoms with Crippen LogP contribution in [-0.4, -0.2) is 13.2 Å². The van der Waals surface area contributed by atoms with Gasteiger partial charge in [-0.15, -0.1) is 0 Å². The van der Waals surface area contributed by atoms with Crippen LogP contribution in [0, 0.1) is 5.92 Å². The summed E-state index contributed by atoms with van der Waals surface area (Å²) in [5.74, 6) is 0.683. The standard InChI is InChI=1S/C9H21O3P/c1-4-7-11-13(10)12-8-5-6-9(2)3/h9,13H,4-8H2,1-3H3. The summed E-state index contributed by atoms with van der Waals surface area (Å²) in [6.07, 6.45) is 2.96. The molecule has 0 saturated carbocycles. The molecule has 0 aliphatic carbocycles. The molecule has 0 aromatic rings. The molecule has 0 amide bonds. The van der Waals surface area contributed by atoms with Crippen LogP contribution < -0.4 is 0 Å².